The Morgan fingerprint density at radius 3 is 2.21 bits per heavy atom. The van der Waals surface area contributed by atoms with E-state index < -0.39 is 5.60 Å². The number of rotatable bonds is 8. The van der Waals surface area contributed by atoms with E-state index in [1.165, 1.54) is 0 Å². The molecule has 1 aromatic rings. The molecule has 0 bridgehead atoms. The second-order valence-electron chi connectivity index (χ2n) is 9.57. The number of nitrogens with one attached hydrogen (secondary N) is 1. The number of carbonyl (C=O) groups excluding carboxylic acids is 3. The van der Waals surface area contributed by atoms with E-state index in [0.29, 0.717) is 62.6 Å². The lowest BCUT2D eigenvalue weighted by Gasteiger charge is -2.35. The molecule has 3 aliphatic rings. The second kappa shape index (κ2) is 9.97. The van der Waals surface area contributed by atoms with Gasteiger partial charge in [0.05, 0.1) is 0 Å². The molecule has 3 fully saturated rings. The van der Waals surface area contributed by atoms with Crippen molar-refractivity contribution in [2.75, 3.05) is 26.2 Å². The fraction of sp³-hybridized carbons (Fsp3) is 0.444. The zero-order valence-corrected chi connectivity index (χ0v) is 19.8. The Kier molecular flexibility index (Phi) is 7.03. The van der Waals surface area contributed by atoms with E-state index in [1.807, 2.05) is 37.3 Å². The van der Waals surface area contributed by atoms with Crippen LogP contribution in [0.25, 0.3) is 5.57 Å². The van der Waals surface area contributed by atoms with Gasteiger partial charge < -0.3 is 20.2 Å². The van der Waals surface area contributed by atoms with Gasteiger partial charge in [0, 0.05) is 43.9 Å². The predicted octanol–water partition coefficient (Wildman–Crippen LogP) is 2.89. The van der Waals surface area contributed by atoms with Gasteiger partial charge in [0.15, 0.2) is 0 Å². The maximum absolute atomic E-state index is 12.9. The quantitative estimate of drug-likeness (QED) is 0.580. The molecule has 2 saturated carbocycles. The summed E-state index contributed by atoms with van der Waals surface area (Å²) in [6.07, 6.45) is 9.21. The average Bonchev–Trinajstić information content (AvgIpc) is 3.77. The minimum atomic E-state index is -1.16. The van der Waals surface area contributed by atoms with Crippen molar-refractivity contribution in [1.82, 2.24) is 15.1 Å². The number of amides is 3. The van der Waals surface area contributed by atoms with Crippen LogP contribution < -0.4 is 5.32 Å². The van der Waals surface area contributed by atoms with Crippen molar-refractivity contribution in [1.29, 1.82) is 0 Å². The maximum Gasteiger partial charge on any atom is 0.254 e. The molecular weight excluding hydrogens is 430 g/mol. The van der Waals surface area contributed by atoms with Gasteiger partial charge in [0.1, 0.15) is 5.60 Å². The zero-order valence-electron chi connectivity index (χ0n) is 19.8. The minimum absolute atomic E-state index is 0.0219. The zero-order chi connectivity index (χ0) is 24.3. The third-order valence-electron chi connectivity index (χ3n) is 6.69. The van der Waals surface area contributed by atoms with Crippen molar-refractivity contribution in [2.45, 2.75) is 44.6 Å². The third-order valence-corrected chi connectivity index (χ3v) is 6.69. The molecule has 4 rings (SSSR count). The fourth-order valence-corrected chi connectivity index (χ4v) is 4.16. The number of benzene rings is 1. The van der Waals surface area contributed by atoms with Crippen molar-refractivity contribution in [3.8, 4) is 0 Å². The highest BCUT2D eigenvalue weighted by Crippen LogP contribution is 2.37. The summed E-state index contributed by atoms with van der Waals surface area (Å²) in [6, 6.07) is 7.42. The normalized spacial score (nSPS) is 20.1. The van der Waals surface area contributed by atoms with Gasteiger partial charge in [-0.25, -0.2) is 0 Å². The van der Waals surface area contributed by atoms with E-state index in [-0.39, 0.29) is 17.7 Å². The minimum Gasteiger partial charge on any atom is -0.380 e. The van der Waals surface area contributed by atoms with Crippen LogP contribution in [-0.4, -0.2) is 64.4 Å². The molecule has 2 N–H and O–H groups in total. The van der Waals surface area contributed by atoms with Crippen LogP contribution in [0, 0.1) is 5.92 Å². The van der Waals surface area contributed by atoms with Crippen molar-refractivity contribution in [2.24, 2.45) is 5.92 Å². The molecule has 1 saturated heterocycles. The van der Waals surface area contributed by atoms with Crippen LogP contribution in [0.1, 0.15) is 54.9 Å². The topological polar surface area (TPSA) is 90.0 Å². The summed E-state index contributed by atoms with van der Waals surface area (Å²) in [5.41, 5.74) is 2.05. The maximum atomic E-state index is 12.9. The number of aliphatic hydroxyl groups is 1. The number of piperazine rings is 1. The first-order valence-corrected chi connectivity index (χ1v) is 12.0. The first kappa shape index (κ1) is 24.0. The first-order valence-electron chi connectivity index (χ1n) is 12.0. The van der Waals surface area contributed by atoms with E-state index in [9.17, 15) is 19.5 Å². The second-order valence-corrected chi connectivity index (χ2v) is 9.57. The molecule has 0 atom stereocenters. The lowest BCUT2D eigenvalue weighted by Crippen LogP contribution is -2.53. The summed E-state index contributed by atoms with van der Waals surface area (Å²) in [6.45, 7) is 7.49. The van der Waals surface area contributed by atoms with Gasteiger partial charge in [-0.2, -0.15) is 0 Å². The number of hydrogen-bond acceptors (Lipinski definition) is 4. The van der Waals surface area contributed by atoms with Crippen LogP contribution in [0.4, 0.5) is 0 Å². The fourth-order valence-electron chi connectivity index (χ4n) is 4.16. The molecule has 1 aliphatic heterocycles. The van der Waals surface area contributed by atoms with Gasteiger partial charge in [0.2, 0.25) is 5.91 Å². The standard InChI is InChI=1S/C27H33N3O4/c1-3-4-23(28-24(31)18-20-5-6-20)17-19(2)21-7-9-22(10-8-21)25(32)29-13-15-30(16-14-29)26(33)27(34)11-12-27/h3-4,7-10,17,20,34H,1,5-6,11-16,18H2,2H3,(H,28,31)/b19-17+,23-4+. The van der Waals surface area contributed by atoms with Gasteiger partial charge in [-0.1, -0.05) is 24.8 Å². The number of carbonyl (C=O) groups is 3. The lowest BCUT2D eigenvalue weighted by molar-refractivity contribution is -0.143. The van der Waals surface area contributed by atoms with Crippen molar-refractivity contribution in [3.63, 3.8) is 0 Å². The van der Waals surface area contributed by atoms with Crippen LogP contribution in [0.15, 0.2) is 54.8 Å². The Morgan fingerprint density at radius 1 is 1.06 bits per heavy atom. The van der Waals surface area contributed by atoms with Gasteiger partial charge in [-0.05, 0) is 73.9 Å². The van der Waals surface area contributed by atoms with Gasteiger partial charge >= 0.3 is 0 Å². The first-order chi connectivity index (χ1) is 16.3. The molecule has 1 heterocycles. The molecular formula is C27H33N3O4. The van der Waals surface area contributed by atoms with Crippen LogP contribution in [0.3, 0.4) is 0 Å². The SMILES string of the molecule is C=C/C=C(\C=C(/C)c1ccc(C(=O)N2CCN(C(=O)C3(O)CC3)CC2)cc1)NC(=O)CC1CC1. The van der Waals surface area contributed by atoms with E-state index in [4.69, 9.17) is 0 Å². The van der Waals surface area contributed by atoms with Crippen LogP contribution in [0.5, 0.6) is 0 Å². The summed E-state index contributed by atoms with van der Waals surface area (Å²) in [5, 5.41) is 13.0. The van der Waals surface area contributed by atoms with E-state index in [0.717, 1.165) is 24.0 Å². The Bertz CT molecular complexity index is 1020. The summed E-state index contributed by atoms with van der Waals surface area (Å²) >= 11 is 0. The number of nitrogens with zero attached hydrogens (tertiary/aromatic N) is 2. The molecule has 0 unspecified atom stereocenters. The molecule has 0 radical (unpaired) electrons. The molecule has 180 valence electrons. The van der Waals surface area contributed by atoms with E-state index in [1.54, 1.807) is 22.0 Å². The molecule has 1 aromatic carbocycles. The summed E-state index contributed by atoms with van der Waals surface area (Å²) in [7, 11) is 0. The molecule has 2 aliphatic carbocycles. The summed E-state index contributed by atoms with van der Waals surface area (Å²) in [5.74, 6) is 0.270. The van der Waals surface area contributed by atoms with Crippen LogP contribution >= 0.6 is 0 Å². The molecule has 7 heteroatoms. The Labute approximate surface area is 200 Å². The molecule has 0 spiro atoms. The van der Waals surface area contributed by atoms with Gasteiger partial charge in [-0.3, -0.25) is 14.4 Å². The van der Waals surface area contributed by atoms with Gasteiger partial charge in [-0.15, -0.1) is 0 Å². The molecule has 3 amide bonds. The average molecular weight is 464 g/mol. The Hall–Kier alpha value is -3.19. The molecule has 34 heavy (non-hydrogen) atoms. The van der Waals surface area contributed by atoms with Crippen molar-refractivity contribution in [3.05, 3.63) is 65.9 Å². The Morgan fingerprint density at radius 2 is 1.65 bits per heavy atom. The van der Waals surface area contributed by atoms with Crippen molar-refractivity contribution >= 4 is 23.3 Å². The van der Waals surface area contributed by atoms with Gasteiger partial charge in [0.25, 0.3) is 11.8 Å². The number of hydrogen-bond donors (Lipinski definition) is 2. The Balaban J connectivity index is 1.34. The molecule has 0 aromatic heterocycles. The van der Waals surface area contributed by atoms with E-state index in [2.05, 4.69) is 11.9 Å². The smallest absolute Gasteiger partial charge is 0.254 e. The highest BCUT2D eigenvalue weighted by atomic mass is 16.3. The summed E-state index contributed by atoms with van der Waals surface area (Å²) < 4.78 is 0. The third kappa shape index (κ3) is 5.83. The monoisotopic (exact) mass is 463 g/mol. The van der Waals surface area contributed by atoms with Crippen LogP contribution in [0.2, 0.25) is 0 Å². The summed E-state index contributed by atoms with van der Waals surface area (Å²) in [4.78, 5) is 40.8. The highest BCUT2D eigenvalue weighted by Gasteiger charge is 2.50. The number of allylic oxidation sites excluding steroid dienone is 4. The predicted molar refractivity (Wildman–Crippen MR) is 131 cm³/mol. The highest BCUT2D eigenvalue weighted by molar-refractivity contribution is 5.95. The van der Waals surface area contributed by atoms with E-state index >= 15 is 0 Å². The lowest BCUT2D eigenvalue weighted by atomic mass is 10.0. The molecule has 7 nitrogen and oxygen atoms in total. The van der Waals surface area contributed by atoms with Crippen LogP contribution in [-0.2, 0) is 9.59 Å². The van der Waals surface area contributed by atoms with Crippen molar-refractivity contribution < 1.29 is 19.5 Å². The largest absolute Gasteiger partial charge is 0.380 e.